The Hall–Kier alpha value is -0.870. The first-order valence-electron chi connectivity index (χ1n) is 7.80. The number of fused-ring (bicyclic) bond motifs is 1. The van der Waals surface area contributed by atoms with Crippen LogP contribution in [-0.2, 0) is 12.8 Å². The lowest BCUT2D eigenvalue weighted by Crippen LogP contribution is -2.45. The minimum atomic E-state index is 0.231. The second kappa shape index (κ2) is 5.86. The van der Waals surface area contributed by atoms with Gasteiger partial charge in [-0.2, -0.15) is 0 Å². The van der Waals surface area contributed by atoms with Crippen molar-refractivity contribution in [1.29, 1.82) is 0 Å². The first kappa shape index (κ1) is 14.1. The maximum atomic E-state index is 12.7. The van der Waals surface area contributed by atoms with Gasteiger partial charge in [-0.1, -0.05) is 6.92 Å². The molecule has 1 saturated heterocycles. The highest BCUT2D eigenvalue weighted by molar-refractivity contribution is 7.14. The maximum absolute atomic E-state index is 12.7. The van der Waals surface area contributed by atoms with Crippen molar-refractivity contribution in [2.75, 3.05) is 19.6 Å². The third-order valence-electron chi connectivity index (χ3n) is 4.91. The number of likely N-dealkylation sites (tertiary alicyclic amines) is 1. The van der Waals surface area contributed by atoms with Crippen LogP contribution in [0.2, 0.25) is 0 Å². The Balaban J connectivity index is 1.73. The van der Waals surface area contributed by atoms with E-state index in [4.69, 9.17) is 5.73 Å². The first-order chi connectivity index (χ1) is 9.69. The van der Waals surface area contributed by atoms with Gasteiger partial charge < -0.3 is 10.6 Å². The molecule has 0 radical (unpaired) electrons. The Morgan fingerprint density at radius 1 is 1.45 bits per heavy atom. The fourth-order valence-electron chi connectivity index (χ4n) is 3.39. The molecule has 3 nitrogen and oxygen atoms in total. The highest BCUT2D eigenvalue weighted by Crippen LogP contribution is 2.31. The normalized spacial score (nSPS) is 26.4. The van der Waals surface area contributed by atoms with Crippen LogP contribution in [0, 0.1) is 11.8 Å². The van der Waals surface area contributed by atoms with Gasteiger partial charge in [0, 0.05) is 18.0 Å². The van der Waals surface area contributed by atoms with Crippen LogP contribution in [0.3, 0.4) is 0 Å². The van der Waals surface area contributed by atoms with Crippen LogP contribution in [-0.4, -0.2) is 30.4 Å². The van der Waals surface area contributed by atoms with Crippen LogP contribution in [0.4, 0.5) is 0 Å². The van der Waals surface area contributed by atoms with Gasteiger partial charge in [0.2, 0.25) is 0 Å². The molecule has 0 spiro atoms. The van der Waals surface area contributed by atoms with Gasteiger partial charge >= 0.3 is 0 Å². The van der Waals surface area contributed by atoms with Gasteiger partial charge in [0.25, 0.3) is 5.91 Å². The zero-order valence-electron chi connectivity index (χ0n) is 12.2. The number of rotatable bonds is 2. The predicted octanol–water partition coefficient (Wildman–Crippen LogP) is 2.68. The average molecular weight is 292 g/mol. The predicted molar refractivity (Wildman–Crippen MR) is 83.2 cm³/mol. The lowest BCUT2D eigenvalue weighted by atomic mass is 9.87. The van der Waals surface area contributed by atoms with E-state index in [1.807, 2.05) is 4.90 Å². The number of piperidine rings is 1. The molecule has 2 unspecified atom stereocenters. The fraction of sp³-hybridized carbons (Fsp3) is 0.688. The molecule has 0 bridgehead atoms. The van der Waals surface area contributed by atoms with Gasteiger partial charge in [-0.25, -0.2) is 0 Å². The number of thiophene rings is 1. The SMILES string of the molecule is CC1CCN(C(=O)c2cc3c(s2)CCCC3)CC1CN. The van der Waals surface area contributed by atoms with E-state index < -0.39 is 0 Å². The first-order valence-corrected chi connectivity index (χ1v) is 8.61. The molecule has 1 fully saturated rings. The third-order valence-corrected chi connectivity index (χ3v) is 6.14. The molecule has 2 atom stereocenters. The number of carbonyl (C=O) groups excluding carboxylic acids is 1. The molecule has 2 N–H and O–H groups in total. The van der Waals surface area contributed by atoms with Crippen molar-refractivity contribution < 1.29 is 4.79 Å². The van der Waals surface area contributed by atoms with Gasteiger partial charge in [0.05, 0.1) is 4.88 Å². The maximum Gasteiger partial charge on any atom is 0.263 e. The van der Waals surface area contributed by atoms with Crippen molar-refractivity contribution in [2.24, 2.45) is 17.6 Å². The van der Waals surface area contributed by atoms with E-state index in [0.717, 1.165) is 37.2 Å². The third kappa shape index (κ3) is 2.63. The highest BCUT2D eigenvalue weighted by Gasteiger charge is 2.29. The second-order valence-corrected chi connectivity index (χ2v) is 7.42. The number of amides is 1. The Labute approximate surface area is 125 Å². The van der Waals surface area contributed by atoms with E-state index in [1.165, 1.54) is 23.3 Å². The zero-order valence-corrected chi connectivity index (χ0v) is 13.0. The van der Waals surface area contributed by atoms with Crippen LogP contribution in [0.5, 0.6) is 0 Å². The van der Waals surface area contributed by atoms with E-state index in [1.54, 1.807) is 11.3 Å². The lowest BCUT2D eigenvalue weighted by molar-refractivity contribution is 0.0623. The van der Waals surface area contributed by atoms with E-state index in [2.05, 4.69) is 13.0 Å². The van der Waals surface area contributed by atoms with Gasteiger partial charge in [0.1, 0.15) is 0 Å². The number of nitrogens with two attached hydrogens (primary N) is 1. The number of nitrogens with zero attached hydrogens (tertiary/aromatic N) is 1. The van der Waals surface area contributed by atoms with Crippen molar-refractivity contribution in [3.05, 3.63) is 21.4 Å². The van der Waals surface area contributed by atoms with Crippen LogP contribution in [0.25, 0.3) is 0 Å². The van der Waals surface area contributed by atoms with Crippen LogP contribution >= 0.6 is 11.3 Å². The molecule has 1 aromatic heterocycles. The Kier molecular flexibility index (Phi) is 4.13. The number of hydrogen-bond donors (Lipinski definition) is 1. The van der Waals surface area contributed by atoms with Crippen molar-refractivity contribution in [2.45, 2.75) is 39.0 Å². The summed E-state index contributed by atoms with van der Waals surface area (Å²) >= 11 is 1.72. The fourth-order valence-corrected chi connectivity index (χ4v) is 4.61. The minimum absolute atomic E-state index is 0.231. The monoisotopic (exact) mass is 292 g/mol. The summed E-state index contributed by atoms with van der Waals surface area (Å²) in [5, 5.41) is 0. The molecule has 1 aliphatic carbocycles. The molecule has 2 heterocycles. The van der Waals surface area contributed by atoms with Gasteiger partial charge in [-0.3, -0.25) is 4.79 Å². The number of carbonyl (C=O) groups is 1. The van der Waals surface area contributed by atoms with Gasteiger partial charge in [-0.05, 0) is 62.1 Å². The molecule has 1 amide bonds. The van der Waals surface area contributed by atoms with Crippen LogP contribution < -0.4 is 5.73 Å². The van der Waals surface area contributed by atoms with Crippen LogP contribution in [0.1, 0.15) is 46.3 Å². The number of hydrogen-bond acceptors (Lipinski definition) is 3. The minimum Gasteiger partial charge on any atom is -0.338 e. The van der Waals surface area contributed by atoms with E-state index >= 15 is 0 Å². The summed E-state index contributed by atoms with van der Waals surface area (Å²) in [6, 6.07) is 2.15. The zero-order chi connectivity index (χ0) is 14.1. The molecular weight excluding hydrogens is 268 g/mol. The topological polar surface area (TPSA) is 46.3 Å². The van der Waals surface area contributed by atoms with E-state index in [9.17, 15) is 4.79 Å². The molecule has 0 aromatic carbocycles. The van der Waals surface area contributed by atoms with Crippen LogP contribution in [0.15, 0.2) is 6.07 Å². The second-order valence-electron chi connectivity index (χ2n) is 6.28. The van der Waals surface area contributed by atoms with Crippen molar-refractivity contribution in [1.82, 2.24) is 4.90 Å². The molecule has 4 heteroatoms. The quantitative estimate of drug-likeness (QED) is 0.911. The summed E-state index contributed by atoms with van der Waals surface area (Å²) < 4.78 is 0. The summed E-state index contributed by atoms with van der Waals surface area (Å²) in [6.45, 7) is 4.66. The Morgan fingerprint density at radius 3 is 3.00 bits per heavy atom. The summed E-state index contributed by atoms with van der Waals surface area (Å²) in [5.74, 6) is 1.33. The summed E-state index contributed by atoms with van der Waals surface area (Å²) in [5.41, 5.74) is 7.26. The Morgan fingerprint density at radius 2 is 2.25 bits per heavy atom. The Bertz CT molecular complexity index is 473. The smallest absolute Gasteiger partial charge is 0.263 e. The lowest BCUT2D eigenvalue weighted by Gasteiger charge is -2.36. The molecular formula is C16H24N2OS. The summed E-state index contributed by atoms with van der Waals surface area (Å²) in [7, 11) is 0. The van der Waals surface area contributed by atoms with E-state index in [0.29, 0.717) is 18.4 Å². The summed E-state index contributed by atoms with van der Waals surface area (Å²) in [6.07, 6.45) is 5.95. The largest absolute Gasteiger partial charge is 0.338 e. The van der Waals surface area contributed by atoms with E-state index in [-0.39, 0.29) is 5.91 Å². The number of aryl methyl sites for hydroxylation is 2. The van der Waals surface area contributed by atoms with Crippen molar-refractivity contribution >= 4 is 17.2 Å². The molecule has 3 rings (SSSR count). The van der Waals surface area contributed by atoms with Crippen molar-refractivity contribution in [3.8, 4) is 0 Å². The molecule has 20 heavy (non-hydrogen) atoms. The highest BCUT2D eigenvalue weighted by atomic mass is 32.1. The summed E-state index contributed by atoms with van der Waals surface area (Å²) in [4.78, 5) is 17.1. The van der Waals surface area contributed by atoms with Gasteiger partial charge in [0.15, 0.2) is 0 Å². The van der Waals surface area contributed by atoms with Gasteiger partial charge in [-0.15, -0.1) is 11.3 Å². The molecule has 1 aliphatic heterocycles. The standard InChI is InChI=1S/C16H24N2OS/c1-11-6-7-18(10-13(11)9-17)16(19)15-8-12-4-2-3-5-14(12)20-15/h8,11,13H,2-7,9-10,17H2,1H3. The molecule has 1 aromatic rings. The molecule has 110 valence electrons. The molecule has 2 aliphatic rings. The molecule has 0 saturated carbocycles. The van der Waals surface area contributed by atoms with Crippen molar-refractivity contribution in [3.63, 3.8) is 0 Å². The average Bonchev–Trinajstić information content (AvgIpc) is 2.91.